The molecule has 0 spiro atoms. The Bertz CT molecular complexity index is 467. The van der Waals surface area contributed by atoms with Crippen LogP contribution in [0.3, 0.4) is 0 Å². The smallest absolute Gasteiger partial charge is 0.338 e. The maximum Gasteiger partial charge on any atom is 0.338 e. The molecule has 0 radical (unpaired) electrons. The standard InChI is InChI=1S/C12H14N2O4/c15-8-3-6-14(7-4-8)11(16)10-9(12(17)18)2-1-5-13-10/h1-2,5,8,15H,3-4,6-7H2,(H,17,18). The summed E-state index contributed by atoms with van der Waals surface area (Å²) in [6.45, 7) is 0.852. The zero-order valence-corrected chi connectivity index (χ0v) is 9.74. The number of carboxylic acid groups (broad SMARTS) is 1. The molecule has 18 heavy (non-hydrogen) atoms. The molecule has 2 rings (SSSR count). The highest BCUT2D eigenvalue weighted by atomic mass is 16.4. The number of hydrogen-bond acceptors (Lipinski definition) is 4. The van der Waals surface area contributed by atoms with Crippen molar-refractivity contribution in [2.45, 2.75) is 18.9 Å². The predicted octanol–water partition coefficient (Wildman–Crippen LogP) is 0.377. The molecule has 1 aliphatic heterocycles. The molecule has 0 aliphatic carbocycles. The van der Waals surface area contributed by atoms with Crippen LogP contribution in [0.4, 0.5) is 0 Å². The fourth-order valence-electron chi connectivity index (χ4n) is 1.97. The van der Waals surface area contributed by atoms with E-state index in [-0.39, 0.29) is 23.3 Å². The minimum atomic E-state index is -1.16. The molecular weight excluding hydrogens is 236 g/mol. The van der Waals surface area contributed by atoms with Crippen molar-refractivity contribution in [1.29, 1.82) is 0 Å². The van der Waals surface area contributed by atoms with Gasteiger partial charge in [-0.15, -0.1) is 0 Å². The summed E-state index contributed by atoms with van der Waals surface area (Å²) < 4.78 is 0. The Morgan fingerprint density at radius 3 is 2.61 bits per heavy atom. The third-order valence-corrected chi connectivity index (χ3v) is 2.99. The number of amides is 1. The van der Waals surface area contributed by atoms with E-state index >= 15 is 0 Å². The number of carbonyl (C=O) groups is 2. The molecule has 96 valence electrons. The van der Waals surface area contributed by atoms with Gasteiger partial charge in [0.25, 0.3) is 5.91 Å². The Morgan fingerprint density at radius 2 is 2.00 bits per heavy atom. The number of nitrogens with zero attached hydrogens (tertiary/aromatic N) is 2. The summed E-state index contributed by atoms with van der Waals surface area (Å²) in [5.41, 5.74) is -0.130. The first kappa shape index (κ1) is 12.5. The van der Waals surface area contributed by atoms with Crippen molar-refractivity contribution in [3.8, 4) is 0 Å². The lowest BCUT2D eigenvalue weighted by Crippen LogP contribution is -2.40. The maximum atomic E-state index is 12.2. The quantitative estimate of drug-likeness (QED) is 0.791. The number of rotatable bonds is 2. The number of aromatic nitrogens is 1. The number of piperidine rings is 1. The molecule has 0 aromatic carbocycles. The van der Waals surface area contributed by atoms with E-state index in [4.69, 9.17) is 5.11 Å². The van der Waals surface area contributed by atoms with Crippen molar-refractivity contribution >= 4 is 11.9 Å². The summed E-state index contributed by atoms with van der Waals surface area (Å²) in [6, 6.07) is 2.85. The lowest BCUT2D eigenvalue weighted by atomic mass is 10.1. The number of aliphatic hydroxyl groups is 1. The SMILES string of the molecule is O=C(O)c1cccnc1C(=O)N1CCC(O)CC1. The van der Waals surface area contributed by atoms with Gasteiger partial charge in [0, 0.05) is 19.3 Å². The molecule has 6 nitrogen and oxygen atoms in total. The minimum absolute atomic E-state index is 0.0404. The van der Waals surface area contributed by atoms with Crippen molar-refractivity contribution < 1.29 is 19.8 Å². The topological polar surface area (TPSA) is 90.7 Å². The summed E-state index contributed by atoms with van der Waals surface area (Å²) in [5.74, 6) is -1.55. The molecule has 0 bridgehead atoms. The van der Waals surface area contributed by atoms with Gasteiger partial charge < -0.3 is 15.1 Å². The van der Waals surface area contributed by atoms with Crippen LogP contribution in [0.25, 0.3) is 0 Å². The van der Waals surface area contributed by atoms with E-state index in [1.54, 1.807) is 0 Å². The van der Waals surface area contributed by atoms with Crippen molar-refractivity contribution in [3.63, 3.8) is 0 Å². The van der Waals surface area contributed by atoms with Crippen molar-refractivity contribution in [1.82, 2.24) is 9.88 Å². The average molecular weight is 250 g/mol. The zero-order chi connectivity index (χ0) is 13.1. The van der Waals surface area contributed by atoms with E-state index in [1.807, 2.05) is 0 Å². The highest BCUT2D eigenvalue weighted by molar-refractivity contribution is 6.03. The number of carbonyl (C=O) groups excluding carboxylic acids is 1. The third kappa shape index (κ3) is 2.48. The van der Waals surface area contributed by atoms with Crippen molar-refractivity contribution in [2.75, 3.05) is 13.1 Å². The van der Waals surface area contributed by atoms with Gasteiger partial charge >= 0.3 is 5.97 Å². The van der Waals surface area contributed by atoms with Gasteiger partial charge in [-0.2, -0.15) is 0 Å². The molecule has 0 saturated carbocycles. The molecule has 0 atom stereocenters. The van der Waals surface area contributed by atoms with E-state index in [2.05, 4.69) is 4.98 Å². The molecule has 6 heteroatoms. The number of pyridine rings is 1. The number of carboxylic acids is 1. The largest absolute Gasteiger partial charge is 0.478 e. The maximum absolute atomic E-state index is 12.2. The molecule has 1 amide bonds. The van der Waals surface area contributed by atoms with Gasteiger partial charge in [-0.05, 0) is 25.0 Å². The Labute approximate surface area is 104 Å². The Morgan fingerprint density at radius 1 is 1.33 bits per heavy atom. The minimum Gasteiger partial charge on any atom is -0.478 e. The van der Waals surface area contributed by atoms with Gasteiger partial charge in [-0.25, -0.2) is 4.79 Å². The lowest BCUT2D eigenvalue weighted by molar-refractivity contribution is 0.0530. The Kier molecular flexibility index (Phi) is 3.57. The van der Waals surface area contributed by atoms with Crippen LogP contribution in [0.5, 0.6) is 0 Å². The number of aromatic carboxylic acids is 1. The van der Waals surface area contributed by atoms with Crippen LogP contribution in [0.15, 0.2) is 18.3 Å². The monoisotopic (exact) mass is 250 g/mol. The second kappa shape index (κ2) is 5.14. The number of likely N-dealkylation sites (tertiary alicyclic amines) is 1. The van der Waals surface area contributed by atoms with Crippen LogP contribution in [-0.4, -0.2) is 51.2 Å². The van der Waals surface area contributed by atoms with Gasteiger partial charge in [0.15, 0.2) is 0 Å². The van der Waals surface area contributed by atoms with Gasteiger partial charge in [-0.3, -0.25) is 9.78 Å². The van der Waals surface area contributed by atoms with Crippen LogP contribution in [-0.2, 0) is 0 Å². The van der Waals surface area contributed by atoms with Crippen LogP contribution in [0, 0.1) is 0 Å². The summed E-state index contributed by atoms with van der Waals surface area (Å²) in [4.78, 5) is 28.5. The molecule has 1 aliphatic rings. The summed E-state index contributed by atoms with van der Waals surface area (Å²) in [5, 5.41) is 18.4. The first-order chi connectivity index (χ1) is 8.59. The van der Waals surface area contributed by atoms with Gasteiger partial charge in [0.2, 0.25) is 0 Å². The van der Waals surface area contributed by atoms with Crippen LogP contribution in [0.2, 0.25) is 0 Å². The van der Waals surface area contributed by atoms with Crippen LogP contribution >= 0.6 is 0 Å². The summed E-state index contributed by atoms with van der Waals surface area (Å²) in [7, 11) is 0. The Balaban J connectivity index is 2.21. The zero-order valence-electron chi connectivity index (χ0n) is 9.74. The fraction of sp³-hybridized carbons (Fsp3) is 0.417. The number of hydrogen-bond donors (Lipinski definition) is 2. The van der Waals surface area contributed by atoms with E-state index in [0.717, 1.165) is 0 Å². The first-order valence-corrected chi connectivity index (χ1v) is 5.75. The fourth-order valence-corrected chi connectivity index (χ4v) is 1.97. The van der Waals surface area contributed by atoms with E-state index in [9.17, 15) is 14.7 Å². The molecule has 2 heterocycles. The molecule has 0 unspecified atom stereocenters. The van der Waals surface area contributed by atoms with Crippen LogP contribution in [0.1, 0.15) is 33.7 Å². The molecular formula is C12H14N2O4. The second-order valence-corrected chi connectivity index (χ2v) is 4.23. The summed E-state index contributed by atoms with van der Waals surface area (Å²) in [6.07, 6.45) is 2.05. The second-order valence-electron chi connectivity index (χ2n) is 4.23. The molecule has 1 aromatic rings. The van der Waals surface area contributed by atoms with Crippen molar-refractivity contribution in [3.05, 3.63) is 29.6 Å². The van der Waals surface area contributed by atoms with Gasteiger partial charge in [0.1, 0.15) is 5.69 Å². The first-order valence-electron chi connectivity index (χ1n) is 5.75. The summed E-state index contributed by atoms with van der Waals surface area (Å²) >= 11 is 0. The van der Waals surface area contributed by atoms with Crippen LogP contribution < -0.4 is 0 Å². The van der Waals surface area contributed by atoms with Gasteiger partial charge in [0.05, 0.1) is 11.7 Å². The average Bonchev–Trinajstić information content (AvgIpc) is 2.39. The van der Waals surface area contributed by atoms with E-state index in [0.29, 0.717) is 25.9 Å². The van der Waals surface area contributed by atoms with E-state index in [1.165, 1.54) is 23.2 Å². The highest BCUT2D eigenvalue weighted by Crippen LogP contribution is 2.15. The highest BCUT2D eigenvalue weighted by Gasteiger charge is 2.26. The lowest BCUT2D eigenvalue weighted by Gasteiger charge is -2.29. The van der Waals surface area contributed by atoms with E-state index < -0.39 is 5.97 Å². The van der Waals surface area contributed by atoms with Crippen molar-refractivity contribution in [2.24, 2.45) is 0 Å². The third-order valence-electron chi connectivity index (χ3n) is 2.99. The molecule has 1 aromatic heterocycles. The Hall–Kier alpha value is -1.95. The molecule has 1 fully saturated rings. The molecule has 1 saturated heterocycles. The number of aliphatic hydroxyl groups excluding tert-OH is 1. The van der Waals surface area contributed by atoms with Gasteiger partial charge in [-0.1, -0.05) is 0 Å². The predicted molar refractivity (Wildman–Crippen MR) is 62.3 cm³/mol. The normalized spacial score (nSPS) is 16.6. The molecule has 2 N–H and O–H groups in total.